The number of ether oxygens (including phenoxy) is 1. The van der Waals surface area contributed by atoms with Gasteiger partial charge in [0.15, 0.2) is 0 Å². The third-order valence-electron chi connectivity index (χ3n) is 5.98. The third kappa shape index (κ3) is 2.93. The van der Waals surface area contributed by atoms with Gasteiger partial charge in [-0.3, -0.25) is 4.98 Å². The van der Waals surface area contributed by atoms with E-state index in [1.54, 1.807) is 7.11 Å². The zero-order valence-corrected chi connectivity index (χ0v) is 14.3. The number of methoxy groups -OCH3 is 1. The molecule has 1 aromatic carbocycles. The van der Waals surface area contributed by atoms with Crippen molar-refractivity contribution in [3.05, 3.63) is 59.9 Å². The van der Waals surface area contributed by atoms with Crippen LogP contribution in [0, 0.1) is 11.8 Å². The lowest BCUT2D eigenvalue weighted by Gasteiger charge is -2.55. The molecule has 4 atom stereocenters. The average molecular weight is 322 g/mol. The molecule has 1 heterocycles. The predicted molar refractivity (Wildman–Crippen MR) is 96.0 cm³/mol. The molecule has 2 saturated carbocycles. The summed E-state index contributed by atoms with van der Waals surface area (Å²) in [7, 11) is 1.73. The van der Waals surface area contributed by atoms with Gasteiger partial charge in [0.2, 0.25) is 0 Å². The molecular formula is C21H26N2O. The van der Waals surface area contributed by atoms with Crippen LogP contribution in [0.4, 0.5) is 0 Å². The molecule has 0 spiro atoms. The van der Waals surface area contributed by atoms with Gasteiger partial charge in [-0.2, -0.15) is 0 Å². The lowest BCUT2D eigenvalue weighted by molar-refractivity contribution is 0.0254. The second-order valence-electron chi connectivity index (χ2n) is 7.17. The van der Waals surface area contributed by atoms with Crippen molar-refractivity contribution in [1.82, 2.24) is 10.3 Å². The molecule has 0 unspecified atom stereocenters. The lowest BCUT2D eigenvalue weighted by atomic mass is 9.53. The monoisotopic (exact) mass is 322 g/mol. The summed E-state index contributed by atoms with van der Waals surface area (Å²) >= 11 is 0. The summed E-state index contributed by atoms with van der Waals surface area (Å²) < 4.78 is 5.32. The highest BCUT2D eigenvalue weighted by molar-refractivity contribution is 5.33. The third-order valence-corrected chi connectivity index (χ3v) is 5.98. The summed E-state index contributed by atoms with van der Waals surface area (Å²) in [5.74, 6) is 3.28. The van der Waals surface area contributed by atoms with Crippen LogP contribution in [0.1, 0.15) is 42.7 Å². The molecule has 24 heavy (non-hydrogen) atoms. The number of fused-ring (bicyclic) bond motifs is 1. The van der Waals surface area contributed by atoms with Crippen molar-refractivity contribution in [3.63, 3.8) is 0 Å². The van der Waals surface area contributed by atoms with Gasteiger partial charge >= 0.3 is 0 Å². The van der Waals surface area contributed by atoms with E-state index in [0.717, 1.165) is 24.1 Å². The zero-order valence-electron chi connectivity index (χ0n) is 14.3. The highest BCUT2D eigenvalue weighted by Gasteiger charge is 2.50. The maximum absolute atomic E-state index is 5.32. The number of aromatic nitrogens is 1. The number of nitrogens with zero attached hydrogens (tertiary/aromatic N) is 1. The number of hydrogen-bond donors (Lipinski definition) is 1. The quantitative estimate of drug-likeness (QED) is 0.898. The Kier molecular flexibility index (Phi) is 4.52. The van der Waals surface area contributed by atoms with Crippen molar-refractivity contribution in [2.24, 2.45) is 11.8 Å². The summed E-state index contributed by atoms with van der Waals surface area (Å²) in [6.45, 7) is 0.934. The topological polar surface area (TPSA) is 34.1 Å². The maximum Gasteiger partial charge on any atom is 0.118 e. The molecule has 0 amide bonds. The molecule has 2 aromatic rings. The molecule has 4 rings (SSSR count). The first-order chi connectivity index (χ1) is 11.9. The van der Waals surface area contributed by atoms with E-state index >= 15 is 0 Å². The normalized spacial score (nSPS) is 28.7. The minimum atomic E-state index is 0.594. The van der Waals surface area contributed by atoms with Crippen LogP contribution in [-0.2, 0) is 6.54 Å². The molecule has 1 aromatic heterocycles. The maximum atomic E-state index is 5.32. The van der Waals surface area contributed by atoms with Gasteiger partial charge < -0.3 is 10.1 Å². The van der Waals surface area contributed by atoms with Crippen LogP contribution in [-0.4, -0.2) is 18.1 Å². The van der Waals surface area contributed by atoms with Gasteiger partial charge in [-0.25, -0.2) is 0 Å². The molecule has 0 saturated heterocycles. The van der Waals surface area contributed by atoms with Crippen molar-refractivity contribution in [2.45, 2.75) is 44.2 Å². The standard InChI is InChI=1S/C21H26N2O/c1-24-17-8-6-16(7-9-17)20-18-4-2-3-5-19(18)21(20)23-14-15-10-12-22-13-11-15/h6-13,18-21,23H,2-5,14H2,1H3/t18-,19+,20-,21-/m0/s1. The molecule has 2 aliphatic carbocycles. The van der Waals surface area contributed by atoms with Crippen LogP contribution in [0.5, 0.6) is 5.75 Å². The second-order valence-corrected chi connectivity index (χ2v) is 7.17. The second kappa shape index (κ2) is 6.94. The van der Waals surface area contributed by atoms with Crippen LogP contribution in [0.2, 0.25) is 0 Å². The Bertz CT molecular complexity index is 655. The van der Waals surface area contributed by atoms with E-state index < -0.39 is 0 Å². The molecule has 1 N–H and O–H groups in total. The minimum absolute atomic E-state index is 0.594. The summed E-state index contributed by atoms with van der Waals surface area (Å²) in [5.41, 5.74) is 2.78. The first kappa shape index (κ1) is 15.6. The number of hydrogen-bond acceptors (Lipinski definition) is 3. The molecule has 2 aliphatic rings. The van der Waals surface area contributed by atoms with Gasteiger partial charge in [-0.05, 0) is 60.1 Å². The lowest BCUT2D eigenvalue weighted by Crippen LogP contribution is -2.57. The van der Waals surface area contributed by atoms with Gasteiger partial charge in [0.05, 0.1) is 7.11 Å². The van der Waals surface area contributed by atoms with E-state index in [1.165, 1.54) is 36.8 Å². The Labute approximate surface area is 144 Å². The van der Waals surface area contributed by atoms with Gasteiger partial charge in [-0.15, -0.1) is 0 Å². The Morgan fingerprint density at radius 3 is 2.42 bits per heavy atom. The molecule has 3 nitrogen and oxygen atoms in total. The summed E-state index contributed by atoms with van der Waals surface area (Å²) in [6.07, 6.45) is 9.30. The van der Waals surface area contributed by atoms with Gasteiger partial charge in [0, 0.05) is 30.9 Å². The molecule has 126 valence electrons. The van der Waals surface area contributed by atoms with E-state index in [2.05, 4.69) is 46.7 Å². The molecule has 0 aliphatic heterocycles. The summed E-state index contributed by atoms with van der Waals surface area (Å²) in [4.78, 5) is 4.11. The van der Waals surface area contributed by atoms with Gasteiger partial charge in [0.1, 0.15) is 5.75 Å². The Morgan fingerprint density at radius 2 is 1.71 bits per heavy atom. The van der Waals surface area contributed by atoms with Crippen LogP contribution in [0.25, 0.3) is 0 Å². The van der Waals surface area contributed by atoms with Crippen LogP contribution in [0.15, 0.2) is 48.8 Å². The highest BCUT2D eigenvalue weighted by atomic mass is 16.5. The zero-order chi connectivity index (χ0) is 16.4. The first-order valence-corrected chi connectivity index (χ1v) is 9.13. The fourth-order valence-corrected chi connectivity index (χ4v) is 4.76. The SMILES string of the molecule is COc1ccc([C@H]2[C@H]3CCCC[C@H]3[C@@H]2NCc2ccncc2)cc1. The van der Waals surface area contributed by atoms with Gasteiger partial charge in [-0.1, -0.05) is 25.0 Å². The van der Waals surface area contributed by atoms with Crippen molar-refractivity contribution < 1.29 is 4.74 Å². The first-order valence-electron chi connectivity index (χ1n) is 9.13. The van der Waals surface area contributed by atoms with E-state index in [9.17, 15) is 0 Å². The number of benzene rings is 1. The Balaban J connectivity index is 1.50. The largest absolute Gasteiger partial charge is 0.497 e. The number of pyridine rings is 1. The molecule has 0 bridgehead atoms. The van der Waals surface area contributed by atoms with E-state index in [-0.39, 0.29) is 0 Å². The van der Waals surface area contributed by atoms with E-state index in [4.69, 9.17) is 4.74 Å². The fraction of sp³-hybridized carbons (Fsp3) is 0.476. The van der Waals surface area contributed by atoms with Crippen LogP contribution < -0.4 is 10.1 Å². The molecule has 2 fully saturated rings. The number of rotatable bonds is 5. The summed E-state index contributed by atoms with van der Waals surface area (Å²) in [5, 5.41) is 3.85. The minimum Gasteiger partial charge on any atom is -0.497 e. The molecule has 0 radical (unpaired) electrons. The summed E-state index contributed by atoms with van der Waals surface area (Å²) in [6, 6.07) is 13.5. The Morgan fingerprint density at radius 1 is 1.00 bits per heavy atom. The Hall–Kier alpha value is -1.87. The smallest absolute Gasteiger partial charge is 0.118 e. The van der Waals surface area contributed by atoms with Crippen LogP contribution >= 0.6 is 0 Å². The fourth-order valence-electron chi connectivity index (χ4n) is 4.76. The van der Waals surface area contributed by atoms with Crippen molar-refractivity contribution in [3.8, 4) is 5.75 Å². The van der Waals surface area contributed by atoms with E-state index in [0.29, 0.717) is 12.0 Å². The predicted octanol–water partition coefficient (Wildman–Crippen LogP) is 4.15. The van der Waals surface area contributed by atoms with Crippen molar-refractivity contribution in [2.75, 3.05) is 7.11 Å². The highest BCUT2D eigenvalue weighted by Crippen LogP contribution is 2.54. The number of nitrogens with one attached hydrogen (secondary N) is 1. The molecule has 3 heteroatoms. The average Bonchev–Trinajstić information content (AvgIpc) is 2.64. The van der Waals surface area contributed by atoms with Crippen molar-refractivity contribution in [1.29, 1.82) is 0 Å². The van der Waals surface area contributed by atoms with Crippen LogP contribution in [0.3, 0.4) is 0 Å². The molecular weight excluding hydrogens is 296 g/mol. The van der Waals surface area contributed by atoms with Gasteiger partial charge in [0.25, 0.3) is 0 Å². The van der Waals surface area contributed by atoms with Crippen molar-refractivity contribution >= 4 is 0 Å². The van der Waals surface area contributed by atoms with E-state index in [1.807, 2.05) is 12.4 Å².